The molecule has 2 saturated heterocycles. The average Bonchev–Trinajstić information content (AvgIpc) is 3.02. The van der Waals surface area contributed by atoms with Crippen LogP contribution >= 0.6 is 11.8 Å². The second kappa shape index (κ2) is 6.46. The molecule has 2 atom stereocenters. The van der Waals surface area contributed by atoms with E-state index in [1.807, 2.05) is 18.2 Å². The van der Waals surface area contributed by atoms with Gasteiger partial charge in [0, 0.05) is 23.0 Å². The second-order valence-corrected chi connectivity index (χ2v) is 8.58. The number of rotatable bonds is 3. The molecule has 6 heteroatoms. The summed E-state index contributed by atoms with van der Waals surface area (Å²) in [5, 5.41) is 13.1. The molecule has 2 aromatic carbocycles. The minimum Gasteiger partial charge on any atom is -0.495 e. The van der Waals surface area contributed by atoms with Crippen molar-refractivity contribution in [2.45, 2.75) is 53.6 Å². The molecule has 0 amide bonds. The van der Waals surface area contributed by atoms with Gasteiger partial charge >= 0.3 is 5.97 Å². The largest absolute Gasteiger partial charge is 0.495 e. The van der Waals surface area contributed by atoms with Gasteiger partial charge in [-0.25, -0.2) is 4.79 Å². The molecule has 2 fully saturated rings. The molecule has 2 unspecified atom stereocenters. The zero-order valence-corrected chi connectivity index (χ0v) is 16.0. The Morgan fingerprint density at radius 1 is 1.19 bits per heavy atom. The number of carboxylic acid groups (broad SMARTS) is 1. The molecular formula is C21H22N2O3S. The Hall–Kier alpha value is -2.18. The van der Waals surface area contributed by atoms with Gasteiger partial charge in [0.1, 0.15) is 5.75 Å². The fourth-order valence-corrected chi connectivity index (χ4v) is 5.96. The number of hydrogen-bond donors (Lipinski definition) is 2. The van der Waals surface area contributed by atoms with E-state index in [0.717, 1.165) is 34.1 Å². The van der Waals surface area contributed by atoms with E-state index < -0.39 is 5.97 Å². The first-order valence-corrected chi connectivity index (χ1v) is 10.2. The van der Waals surface area contributed by atoms with E-state index >= 15 is 0 Å². The maximum Gasteiger partial charge on any atom is 0.335 e. The number of carboxylic acids is 1. The van der Waals surface area contributed by atoms with Crippen molar-refractivity contribution in [3.8, 4) is 5.75 Å². The molecular weight excluding hydrogens is 360 g/mol. The van der Waals surface area contributed by atoms with Gasteiger partial charge in [0.25, 0.3) is 0 Å². The lowest BCUT2D eigenvalue weighted by Crippen LogP contribution is -2.47. The number of ether oxygens (including phenoxy) is 1. The maximum absolute atomic E-state index is 11.5. The molecule has 2 N–H and O–H groups in total. The van der Waals surface area contributed by atoms with Gasteiger partial charge in [0.05, 0.1) is 28.9 Å². The number of anilines is 2. The number of piperidine rings is 1. The summed E-state index contributed by atoms with van der Waals surface area (Å²) in [7, 11) is 1.69. The third-order valence-electron chi connectivity index (χ3n) is 5.93. The monoisotopic (exact) mass is 382 g/mol. The van der Waals surface area contributed by atoms with Crippen molar-refractivity contribution in [3.63, 3.8) is 0 Å². The van der Waals surface area contributed by atoms with Gasteiger partial charge in [-0.2, -0.15) is 0 Å². The molecule has 2 bridgehead atoms. The number of aromatic carboxylic acids is 1. The number of hydrogen-bond acceptors (Lipinski definition) is 5. The molecule has 2 aromatic rings. The van der Waals surface area contributed by atoms with Crippen molar-refractivity contribution in [3.05, 3.63) is 42.0 Å². The van der Waals surface area contributed by atoms with Crippen molar-refractivity contribution < 1.29 is 14.6 Å². The third-order valence-corrected chi connectivity index (χ3v) is 7.09. The van der Waals surface area contributed by atoms with Gasteiger partial charge in [-0.15, -0.1) is 0 Å². The first kappa shape index (κ1) is 17.0. The molecule has 27 heavy (non-hydrogen) atoms. The number of benzene rings is 2. The molecule has 0 spiro atoms. The molecule has 3 heterocycles. The van der Waals surface area contributed by atoms with Crippen LogP contribution in [0.15, 0.2) is 46.2 Å². The lowest BCUT2D eigenvalue weighted by molar-refractivity contribution is 0.0696. The number of nitrogens with one attached hydrogen (secondary N) is 1. The zero-order valence-electron chi connectivity index (χ0n) is 15.1. The Balaban J connectivity index is 1.64. The highest BCUT2D eigenvalue weighted by atomic mass is 32.2. The Morgan fingerprint density at radius 3 is 2.67 bits per heavy atom. The highest BCUT2D eigenvalue weighted by molar-refractivity contribution is 7.99. The van der Waals surface area contributed by atoms with E-state index in [-0.39, 0.29) is 0 Å². The van der Waals surface area contributed by atoms with Crippen LogP contribution < -0.4 is 15.0 Å². The van der Waals surface area contributed by atoms with Crippen LogP contribution in [-0.4, -0.2) is 36.3 Å². The Labute approximate surface area is 162 Å². The smallest absolute Gasteiger partial charge is 0.335 e. The SMILES string of the molecule is COc1cccc2c1Sc1cc(C(=O)O)ccc1N2C1CC2CCC(C1)N2. The summed E-state index contributed by atoms with van der Waals surface area (Å²) in [6, 6.07) is 13.2. The molecule has 5 nitrogen and oxygen atoms in total. The van der Waals surface area contributed by atoms with Crippen LogP contribution in [-0.2, 0) is 0 Å². The number of carbonyl (C=O) groups is 1. The highest BCUT2D eigenvalue weighted by Crippen LogP contribution is 2.54. The van der Waals surface area contributed by atoms with E-state index in [2.05, 4.69) is 16.3 Å². The fraction of sp³-hybridized carbons (Fsp3) is 0.381. The molecule has 0 radical (unpaired) electrons. The zero-order chi connectivity index (χ0) is 18.5. The molecule has 0 aromatic heterocycles. The van der Waals surface area contributed by atoms with Crippen molar-refractivity contribution in [2.75, 3.05) is 12.0 Å². The van der Waals surface area contributed by atoms with Crippen molar-refractivity contribution in [2.24, 2.45) is 0 Å². The Kier molecular flexibility index (Phi) is 4.06. The summed E-state index contributed by atoms with van der Waals surface area (Å²) in [4.78, 5) is 16.0. The predicted molar refractivity (Wildman–Crippen MR) is 106 cm³/mol. The average molecular weight is 382 g/mol. The van der Waals surface area contributed by atoms with Crippen LogP contribution in [0.4, 0.5) is 11.4 Å². The van der Waals surface area contributed by atoms with E-state index in [4.69, 9.17) is 4.74 Å². The molecule has 5 rings (SSSR count). The summed E-state index contributed by atoms with van der Waals surface area (Å²) in [5.74, 6) is -0.0542. The number of fused-ring (bicyclic) bond motifs is 4. The topological polar surface area (TPSA) is 61.8 Å². The van der Waals surface area contributed by atoms with Crippen molar-refractivity contribution in [1.82, 2.24) is 5.32 Å². The van der Waals surface area contributed by atoms with Crippen LogP contribution in [0.1, 0.15) is 36.0 Å². The summed E-state index contributed by atoms with van der Waals surface area (Å²) in [6.45, 7) is 0. The van der Waals surface area contributed by atoms with E-state index in [9.17, 15) is 9.90 Å². The van der Waals surface area contributed by atoms with Crippen molar-refractivity contribution in [1.29, 1.82) is 0 Å². The van der Waals surface area contributed by atoms with Gasteiger partial charge < -0.3 is 20.1 Å². The summed E-state index contributed by atoms with van der Waals surface area (Å²) in [5.41, 5.74) is 2.60. The predicted octanol–water partition coefficient (Wildman–Crippen LogP) is 4.28. The standard InChI is InChI=1S/C21H22N2O3S/c1-26-18-4-2-3-17-20(18)27-19-9-12(21(24)25)5-8-16(19)23(17)15-10-13-6-7-14(11-15)22-13/h2-5,8-9,13-15,22H,6-7,10-11H2,1H3,(H,24,25). The summed E-state index contributed by atoms with van der Waals surface area (Å²) in [6.07, 6.45) is 4.72. The van der Waals surface area contributed by atoms with E-state index in [1.165, 1.54) is 18.5 Å². The molecule has 0 aliphatic carbocycles. The van der Waals surface area contributed by atoms with Crippen LogP contribution in [0.25, 0.3) is 0 Å². The highest BCUT2D eigenvalue weighted by Gasteiger charge is 2.39. The number of nitrogens with zero attached hydrogens (tertiary/aromatic N) is 1. The van der Waals surface area contributed by atoms with Crippen LogP contribution in [0.3, 0.4) is 0 Å². The van der Waals surface area contributed by atoms with Crippen LogP contribution in [0.5, 0.6) is 5.75 Å². The van der Waals surface area contributed by atoms with Gasteiger partial charge in [0.15, 0.2) is 0 Å². The quantitative estimate of drug-likeness (QED) is 0.826. The minimum absolute atomic E-state index is 0.324. The summed E-state index contributed by atoms with van der Waals surface area (Å²) >= 11 is 1.60. The first-order chi connectivity index (χ1) is 13.1. The lowest BCUT2D eigenvalue weighted by Gasteiger charge is -2.42. The maximum atomic E-state index is 11.5. The molecule has 3 aliphatic heterocycles. The lowest BCUT2D eigenvalue weighted by atomic mass is 9.96. The van der Waals surface area contributed by atoms with Gasteiger partial charge in [-0.1, -0.05) is 17.8 Å². The Morgan fingerprint density at radius 2 is 1.96 bits per heavy atom. The molecule has 3 aliphatic rings. The van der Waals surface area contributed by atoms with Crippen LogP contribution in [0.2, 0.25) is 0 Å². The summed E-state index contributed by atoms with van der Waals surface area (Å²) < 4.78 is 5.62. The number of methoxy groups -OCH3 is 1. The minimum atomic E-state index is -0.893. The van der Waals surface area contributed by atoms with Crippen LogP contribution in [0, 0.1) is 0 Å². The molecule has 140 valence electrons. The Bertz CT molecular complexity index is 904. The second-order valence-electron chi connectivity index (χ2n) is 7.53. The fourth-order valence-electron chi connectivity index (χ4n) is 4.76. The van der Waals surface area contributed by atoms with Crippen molar-refractivity contribution >= 4 is 29.1 Å². The van der Waals surface area contributed by atoms with Gasteiger partial charge in [-0.05, 0) is 56.0 Å². The normalized spacial score (nSPS) is 25.7. The van der Waals surface area contributed by atoms with E-state index in [1.54, 1.807) is 31.0 Å². The van der Waals surface area contributed by atoms with Gasteiger partial charge in [0.2, 0.25) is 0 Å². The van der Waals surface area contributed by atoms with Gasteiger partial charge in [-0.3, -0.25) is 0 Å². The first-order valence-electron chi connectivity index (χ1n) is 9.41. The third kappa shape index (κ3) is 2.78. The van der Waals surface area contributed by atoms with E-state index in [0.29, 0.717) is 23.7 Å². The molecule has 0 saturated carbocycles.